The molecule has 2 bridgehead atoms. The van der Waals surface area contributed by atoms with Crippen LogP contribution in [0, 0.1) is 5.92 Å². The molecule has 2 heteroatoms. The summed E-state index contributed by atoms with van der Waals surface area (Å²) in [4.78, 5) is 0. The van der Waals surface area contributed by atoms with E-state index < -0.39 is 0 Å². The molecular formula is C22H34O2. The van der Waals surface area contributed by atoms with Crippen LogP contribution in [0.2, 0.25) is 0 Å². The van der Waals surface area contributed by atoms with Crippen LogP contribution in [-0.2, 0) is 6.42 Å². The van der Waals surface area contributed by atoms with Crippen LogP contribution in [0.1, 0.15) is 90.7 Å². The fraction of sp³-hybridized carbons (Fsp3) is 0.727. The first kappa shape index (κ1) is 17.6. The third-order valence-corrected chi connectivity index (χ3v) is 6.35. The van der Waals surface area contributed by atoms with E-state index in [2.05, 4.69) is 39.8 Å². The van der Waals surface area contributed by atoms with Gasteiger partial charge in [0.2, 0.25) is 0 Å². The molecule has 0 aromatic heterocycles. The summed E-state index contributed by atoms with van der Waals surface area (Å²) < 4.78 is 13.0. The summed E-state index contributed by atoms with van der Waals surface area (Å²) in [5, 5.41) is 0. The van der Waals surface area contributed by atoms with Crippen LogP contribution >= 0.6 is 0 Å². The largest absolute Gasteiger partial charge is 0.487 e. The molecule has 0 saturated heterocycles. The number of hydrogen-bond acceptors (Lipinski definition) is 2. The van der Waals surface area contributed by atoms with E-state index in [0.717, 1.165) is 30.8 Å². The third-order valence-electron chi connectivity index (χ3n) is 6.35. The zero-order valence-electron chi connectivity index (χ0n) is 15.1. The van der Waals surface area contributed by atoms with Crippen LogP contribution < -0.4 is 9.47 Å². The topological polar surface area (TPSA) is 18.5 Å². The smallest absolute Gasteiger partial charge is 0.127 e. The van der Waals surface area contributed by atoms with E-state index >= 15 is 0 Å². The lowest BCUT2D eigenvalue weighted by Crippen LogP contribution is -2.53. The maximum Gasteiger partial charge on any atom is 0.127 e. The summed E-state index contributed by atoms with van der Waals surface area (Å²) in [6.07, 6.45) is 8.45. The summed E-state index contributed by atoms with van der Waals surface area (Å²) in [7, 11) is 0. The average Bonchev–Trinajstić information content (AvgIpc) is 2.45. The monoisotopic (exact) mass is 330 g/mol. The van der Waals surface area contributed by atoms with Crippen molar-refractivity contribution in [3.63, 3.8) is 0 Å². The fourth-order valence-corrected chi connectivity index (χ4v) is 5.14. The van der Waals surface area contributed by atoms with Gasteiger partial charge >= 0.3 is 0 Å². The van der Waals surface area contributed by atoms with Gasteiger partial charge in [-0.25, -0.2) is 0 Å². The predicted molar refractivity (Wildman–Crippen MR) is 100 cm³/mol. The zero-order chi connectivity index (χ0) is 16.2. The van der Waals surface area contributed by atoms with Gasteiger partial charge in [0.25, 0.3) is 0 Å². The van der Waals surface area contributed by atoms with Crippen molar-refractivity contribution in [2.75, 3.05) is 0 Å². The molecule has 0 spiro atoms. The van der Waals surface area contributed by atoms with Gasteiger partial charge in [-0.1, -0.05) is 27.2 Å². The van der Waals surface area contributed by atoms with Crippen molar-refractivity contribution < 1.29 is 9.47 Å². The molecule has 2 heterocycles. The lowest BCUT2D eigenvalue weighted by atomic mass is 9.61. The standard InChI is InChI=1S/C21H30O2.CH4/c1-5-6-7-8-14-11-17-19-15-13-21(4,23-18(19)12-14)10-9-16(15)20(2,3)22-17;/h11-12,15-16H,5-10,13H2,1-4H3;1H4. The van der Waals surface area contributed by atoms with Gasteiger partial charge in [-0.3, -0.25) is 0 Å². The second kappa shape index (κ2) is 5.97. The molecule has 1 aliphatic carbocycles. The highest BCUT2D eigenvalue weighted by molar-refractivity contribution is 5.54. The van der Waals surface area contributed by atoms with E-state index in [4.69, 9.17) is 9.47 Å². The molecule has 0 N–H and O–H groups in total. The molecule has 1 aromatic carbocycles. The molecule has 134 valence electrons. The van der Waals surface area contributed by atoms with E-state index in [1.54, 1.807) is 0 Å². The number of unbranched alkanes of at least 4 members (excludes halogenated alkanes) is 2. The lowest BCUT2D eigenvalue weighted by Gasteiger charge is -2.55. The Bertz CT molecular complexity index is 601. The van der Waals surface area contributed by atoms with Gasteiger partial charge in [0, 0.05) is 17.4 Å². The summed E-state index contributed by atoms with van der Waals surface area (Å²) in [5.41, 5.74) is 2.71. The Morgan fingerprint density at radius 2 is 1.79 bits per heavy atom. The quantitative estimate of drug-likeness (QED) is 0.606. The van der Waals surface area contributed by atoms with Crippen molar-refractivity contribution >= 4 is 0 Å². The van der Waals surface area contributed by atoms with Gasteiger partial charge in [-0.2, -0.15) is 0 Å². The van der Waals surface area contributed by atoms with Crippen molar-refractivity contribution in [1.82, 2.24) is 0 Å². The second-order valence-electron chi connectivity index (χ2n) is 8.68. The molecule has 1 saturated carbocycles. The highest BCUT2D eigenvalue weighted by Gasteiger charge is 2.54. The van der Waals surface area contributed by atoms with Crippen molar-refractivity contribution in [2.45, 2.75) is 97.2 Å². The average molecular weight is 331 g/mol. The number of ether oxygens (including phenoxy) is 2. The van der Waals surface area contributed by atoms with Gasteiger partial charge < -0.3 is 9.47 Å². The van der Waals surface area contributed by atoms with Crippen molar-refractivity contribution in [3.8, 4) is 11.5 Å². The summed E-state index contributed by atoms with van der Waals surface area (Å²) in [6.45, 7) is 9.12. The van der Waals surface area contributed by atoms with E-state index in [0.29, 0.717) is 11.8 Å². The highest BCUT2D eigenvalue weighted by Crippen LogP contribution is 2.60. The summed E-state index contributed by atoms with van der Waals surface area (Å²) in [5.74, 6) is 3.45. The van der Waals surface area contributed by atoms with Crippen LogP contribution in [0.15, 0.2) is 12.1 Å². The summed E-state index contributed by atoms with van der Waals surface area (Å²) in [6, 6.07) is 4.61. The number of aryl methyl sites for hydroxylation is 1. The molecule has 1 aromatic rings. The SMILES string of the molecule is C.CCCCCc1cc2c3c(c1)OC(C)(C)C1CCC(C)(CC31)O2. The molecule has 0 radical (unpaired) electrons. The number of benzene rings is 1. The lowest BCUT2D eigenvalue weighted by molar-refractivity contribution is -0.0727. The minimum absolute atomic E-state index is 0. The first-order valence-electron chi connectivity index (χ1n) is 9.47. The van der Waals surface area contributed by atoms with Crippen molar-refractivity contribution in [2.24, 2.45) is 5.92 Å². The minimum atomic E-state index is -0.0599. The van der Waals surface area contributed by atoms with Gasteiger partial charge in [-0.15, -0.1) is 0 Å². The van der Waals surface area contributed by atoms with Crippen LogP contribution in [-0.4, -0.2) is 11.2 Å². The normalized spacial score (nSPS) is 31.5. The maximum absolute atomic E-state index is 6.49. The van der Waals surface area contributed by atoms with E-state index in [-0.39, 0.29) is 18.6 Å². The number of fused-ring (bicyclic) bond motifs is 1. The van der Waals surface area contributed by atoms with Gasteiger partial charge in [-0.05, 0) is 70.6 Å². The second-order valence-corrected chi connectivity index (χ2v) is 8.68. The van der Waals surface area contributed by atoms with Crippen molar-refractivity contribution in [1.29, 1.82) is 0 Å². The van der Waals surface area contributed by atoms with Crippen LogP contribution in [0.4, 0.5) is 0 Å². The third kappa shape index (κ3) is 2.72. The number of rotatable bonds is 4. The molecule has 3 aliphatic rings. The van der Waals surface area contributed by atoms with Crippen molar-refractivity contribution in [3.05, 3.63) is 23.3 Å². The van der Waals surface area contributed by atoms with Crippen LogP contribution in [0.5, 0.6) is 11.5 Å². The Morgan fingerprint density at radius 3 is 2.50 bits per heavy atom. The molecule has 0 amide bonds. The Balaban J connectivity index is 0.00000169. The van der Waals surface area contributed by atoms with Gasteiger partial charge in [0.15, 0.2) is 0 Å². The molecule has 2 nitrogen and oxygen atoms in total. The van der Waals surface area contributed by atoms with Gasteiger partial charge in [0.1, 0.15) is 22.7 Å². The fourth-order valence-electron chi connectivity index (χ4n) is 5.14. The molecule has 3 unspecified atom stereocenters. The van der Waals surface area contributed by atoms with E-state index in [1.165, 1.54) is 36.8 Å². The Kier molecular flexibility index (Phi) is 4.38. The van der Waals surface area contributed by atoms with Crippen LogP contribution in [0.25, 0.3) is 0 Å². The summed E-state index contributed by atoms with van der Waals surface area (Å²) >= 11 is 0. The molecular weight excluding hydrogens is 296 g/mol. The zero-order valence-corrected chi connectivity index (χ0v) is 15.1. The van der Waals surface area contributed by atoms with E-state index in [9.17, 15) is 0 Å². The Hall–Kier alpha value is -1.18. The predicted octanol–water partition coefficient (Wildman–Crippen LogP) is 6.26. The molecule has 2 aliphatic heterocycles. The Morgan fingerprint density at radius 1 is 1.08 bits per heavy atom. The van der Waals surface area contributed by atoms with E-state index in [1.807, 2.05) is 0 Å². The first-order chi connectivity index (χ1) is 10.9. The molecule has 4 rings (SSSR count). The van der Waals surface area contributed by atoms with Gasteiger partial charge in [0.05, 0.1) is 0 Å². The molecule has 3 atom stereocenters. The molecule has 24 heavy (non-hydrogen) atoms. The minimum Gasteiger partial charge on any atom is -0.487 e. The highest BCUT2D eigenvalue weighted by atomic mass is 16.5. The Labute approximate surface area is 147 Å². The molecule has 1 fully saturated rings. The number of hydrogen-bond donors (Lipinski definition) is 0. The maximum atomic E-state index is 6.49. The first-order valence-corrected chi connectivity index (χ1v) is 9.47. The van der Waals surface area contributed by atoms with Crippen LogP contribution in [0.3, 0.4) is 0 Å².